The Morgan fingerprint density at radius 3 is 2.56 bits per heavy atom. The molecule has 0 radical (unpaired) electrons. The van der Waals surface area contributed by atoms with Crippen molar-refractivity contribution in [3.63, 3.8) is 0 Å². The largest absolute Gasteiger partial charge is 0.381 e. The van der Waals surface area contributed by atoms with Crippen LogP contribution in [0.3, 0.4) is 0 Å². The second-order valence-corrected chi connectivity index (χ2v) is 6.50. The SMILES string of the molecule is CNC(=O)C1(NC(=O)C2=NC(C)C(=O)N(c3ccccc3)N2)CCOCC1. The highest BCUT2D eigenvalue weighted by atomic mass is 16.5. The predicted molar refractivity (Wildman–Crippen MR) is 99.0 cm³/mol. The molecule has 1 fully saturated rings. The van der Waals surface area contributed by atoms with Crippen molar-refractivity contribution < 1.29 is 19.1 Å². The zero-order valence-corrected chi connectivity index (χ0v) is 15.3. The Kier molecular flexibility index (Phi) is 5.41. The van der Waals surface area contributed by atoms with Crippen LogP contribution < -0.4 is 21.1 Å². The van der Waals surface area contributed by atoms with E-state index in [1.165, 1.54) is 12.1 Å². The number of rotatable bonds is 4. The minimum Gasteiger partial charge on any atom is -0.381 e. The number of nitrogens with one attached hydrogen (secondary N) is 3. The molecule has 2 aliphatic heterocycles. The topological polar surface area (TPSA) is 112 Å². The Hall–Kier alpha value is -2.94. The van der Waals surface area contributed by atoms with Crippen molar-refractivity contribution in [3.05, 3.63) is 30.3 Å². The molecular weight excluding hydrogens is 350 g/mol. The molecule has 0 bridgehead atoms. The van der Waals surface area contributed by atoms with Gasteiger partial charge in [-0.05, 0) is 19.1 Å². The van der Waals surface area contributed by atoms with Crippen LogP contribution in [-0.4, -0.2) is 55.4 Å². The lowest BCUT2D eigenvalue weighted by molar-refractivity contribution is -0.135. The van der Waals surface area contributed by atoms with Crippen LogP contribution in [0.15, 0.2) is 35.3 Å². The van der Waals surface area contributed by atoms with Gasteiger partial charge in [-0.2, -0.15) is 0 Å². The second-order valence-electron chi connectivity index (χ2n) is 6.50. The van der Waals surface area contributed by atoms with E-state index in [0.717, 1.165) is 0 Å². The van der Waals surface area contributed by atoms with Gasteiger partial charge in [0.05, 0.1) is 5.69 Å². The number of carbonyl (C=O) groups excluding carboxylic acids is 3. The van der Waals surface area contributed by atoms with Gasteiger partial charge in [0.1, 0.15) is 11.6 Å². The van der Waals surface area contributed by atoms with E-state index in [1.807, 2.05) is 6.07 Å². The summed E-state index contributed by atoms with van der Waals surface area (Å²) in [5.41, 5.74) is 2.31. The van der Waals surface area contributed by atoms with Crippen molar-refractivity contribution in [1.29, 1.82) is 0 Å². The molecule has 9 heteroatoms. The van der Waals surface area contributed by atoms with Gasteiger partial charge in [-0.25, -0.2) is 10.0 Å². The fourth-order valence-corrected chi connectivity index (χ4v) is 3.15. The van der Waals surface area contributed by atoms with Crippen LogP contribution in [0, 0.1) is 0 Å². The number of amides is 3. The van der Waals surface area contributed by atoms with Gasteiger partial charge >= 0.3 is 0 Å². The number of benzene rings is 1. The first kappa shape index (κ1) is 18.8. The Labute approximate surface area is 157 Å². The Balaban J connectivity index is 1.82. The first-order valence-electron chi connectivity index (χ1n) is 8.83. The van der Waals surface area contributed by atoms with Gasteiger partial charge < -0.3 is 15.4 Å². The second kappa shape index (κ2) is 7.75. The fraction of sp³-hybridized carbons (Fsp3) is 0.444. The van der Waals surface area contributed by atoms with E-state index in [2.05, 4.69) is 21.1 Å². The Morgan fingerprint density at radius 2 is 1.93 bits per heavy atom. The molecule has 1 aromatic carbocycles. The highest BCUT2D eigenvalue weighted by Crippen LogP contribution is 2.22. The van der Waals surface area contributed by atoms with Crippen molar-refractivity contribution in [2.45, 2.75) is 31.3 Å². The van der Waals surface area contributed by atoms with Crippen LogP contribution in [0.4, 0.5) is 5.69 Å². The highest BCUT2D eigenvalue weighted by Gasteiger charge is 2.42. The summed E-state index contributed by atoms with van der Waals surface area (Å²) in [5, 5.41) is 6.69. The number of ether oxygens (including phenoxy) is 1. The molecule has 27 heavy (non-hydrogen) atoms. The molecule has 2 aliphatic rings. The van der Waals surface area contributed by atoms with E-state index < -0.39 is 17.5 Å². The van der Waals surface area contributed by atoms with Crippen LogP contribution in [0.2, 0.25) is 0 Å². The number of hydrogen-bond donors (Lipinski definition) is 3. The third-order valence-corrected chi connectivity index (χ3v) is 4.71. The first-order valence-corrected chi connectivity index (χ1v) is 8.83. The lowest BCUT2D eigenvalue weighted by atomic mass is 9.88. The molecule has 0 spiro atoms. The van der Waals surface area contributed by atoms with Crippen molar-refractivity contribution in [1.82, 2.24) is 16.1 Å². The number of hydrazine groups is 1. The first-order chi connectivity index (χ1) is 13.0. The maximum atomic E-state index is 12.9. The normalized spacial score (nSPS) is 21.7. The van der Waals surface area contributed by atoms with E-state index in [-0.39, 0.29) is 17.6 Å². The van der Waals surface area contributed by atoms with Crippen molar-refractivity contribution in [3.8, 4) is 0 Å². The smallest absolute Gasteiger partial charge is 0.289 e. The number of hydrogen-bond acceptors (Lipinski definition) is 6. The van der Waals surface area contributed by atoms with Crippen LogP contribution in [0.5, 0.6) is 0 Å². The third kappa shape index (κ3) is 3.77. The maximum Gasteiger partial charge on any atom is 0.289 e. The standard InChI is InChI=1S/C18H23N5O4/c1-12-16(25)23(13-6-4-3-5-7-13)22-14(20-12)15(24)21-18(17(26)19-2)8-10-27-11-9-18/h3-7,12H,8-11H2,1-2H3,(H,19,26)(H,20,22)(H,21,24). The highest BCUT2D eigenvalue weighted by molar-refractivity contribution is 6.40. The van der Waals surface area contributed by atoms with E-state index in [4.69, 9.17) is 4.74 Å². The number of amidine groups is 1. The van der Waals surface area contributed by atoms with Gasteiger partial charge in [0.2, 0.25) is 11.7 Å². The summed E-state index contributed by atoms with van der Waals surface area (Å²) >= 11 is 0. The van der Waals surface area contributed by atoms with E-state index in [0.29, 0.717) is 31.7 Å². The quantitative estimate of drug-likeness (QED) is 0.673. The molecule has 1 unspecified atom stereocenters. The van der Waals surface area contributed by atoms with Gasteiger partial charge in [-0.15, -0.1) is 0 Å². The lowest BCUT2D eigenvalue weighted by Gasteiger charge is -2.37. The van der Waals surface area contributed by atoms with Crippen LogP contribution >= 0.6 is 0 Å². The van der Waals surface area contributed by atoms with Gasteiger partial charge in [-0.1, -0.05) is 18.2 Å². The molecule has 3 N–H and O–H groups in total. The molecule has 3 rings (SSSR count). The number of carbonyl (C=O) groups is 3. The molecule has 144 valence electrons. The molecule has 1 atom stereocenters. The van der Waals surface area contributed by atoms with E-state index >= 15 is 0 Å². The molecule has 0 saturated carbocycles. The number of likely N-dealkylation sites (N-methyl/N-ethyl adjacent to an activating group) is 1. The summed E-state index contributed by atoms with van der Waals surface area (Å²) in [6, 6.07) is 8.21. The molecule has 1 saturated heterocycles. The van der Waals surface area contributed by atoms with E-state index in [9.17, 15) is 14.4 Å². The number of nitrogens with zero attached hydrogens (tertiary/aromatic N) is 2. The average Bonchev–Trinajstić information content (AvgIpc) is 2.70. The van der Waals surface area contributed by atoms with Gasteiger partial charge in [-0.3, -0.25) is 19.8 Å². The van der Waals surface area contributed by atoms with Gasteiger partial charge in [0.25, 0.3) is 11.8 Å². The van der Waals surface area contributed by atoms with Crippen LogP contribution in [0.1, 0.15) is 19.8 Å². The summed E-state index contributed by atoms with van der Waals surface area (Å²) in [6.45, 7) is 2.37. The van der Waals surface area contributed by atoms with Gasteiger partial charge in [0, 0.05) is 33.1 Å². The van der Waals surface area contributed by atoms with Crippen molar-refractivity contribution in [2.75, 3.05) is 25.3 Å². The van der Waals surface area contributed by atoms with Crippen molar-refractivity contribution >= 4 is 29.2 Å². The molecule has 0 aliphatic carbocycles. The Morgan fingerprint density at radius 1 is 1.26 bits per heavy atom. The molecule has 1 aromatic rings. The summed E-state index contributed by atoms with van der Waals surface area (Å²) in [5.74, 6) is -1.11. The summed E-state index contributed by atoms with van der Waals surface area (Å²) < 4.78 is 5.32. The zero-order chi connectivity index (χ0) is 19.4. The molecule has 9 nitrogen and oxygen atoms in total. The number of para-hydroxylation sites is 1. The fourth-order valence-electron chi connectivity index (χ4n) is 3.15. The van der Waals surface area contributed by atoms with E-state index in [1.54, 1.807) is 31.2 Å². The minimum absolute atomic E-state index is 0.0132. The van der Waals surface area contributed by atoms with Crippen molar-refractivity contribution in [2.24, 2.45) is 4.99 Å². The maximum absolute atomic E-state index is 12.9. The van der Waals surface area contributed by atoms with Gasteiger partial charge in [0.15, 0.2) is 0 Å². The Bertz CT molecular complexity index is 758. The zero-order valence-electron chi connectivity index (χ0n) is 15.3. The monoisotopic (exact) mass is 373 g/mol. The number of anilines is 1. The molecule has 2 heterocycles. The average molecular weight is 373 g/mol. The van der Waals surface area contributed by atoms with Crippen LogP contribution in [0.25, 0.3) is 0 Å². The number of aliphatic imine (C=N–C) groups is 1. The summed E-state index contributed by atoms with van der Waals surface area (Å²) in [7, 11) is 1.53. The summed E-state index contributed by atoms with van der Waals surface area (Å²) in [6.07, 6.45) is 0.727. The minimum atomic E-state index is -1.06. The summed E-state index contributed by atoms with van der Waals surface area (Å²) in [4.78, 5) is 41.9. The molecular formula is C18H23N5O4. The molecule has 0 aromatic heterocycles. The third-order valence-electron chi connectivity index (χ3n) is 4.71. The van der Waals surface area contributed by atoms with Crippen LogP contribution in [-0.2, 0) is 19.1 Å². The molecule has 3 amide bonds. The predicted octanol–water partition coefficient (Wildman–Crippen LogP) is -0.264. The lowest BCUT2D eigenvalue weighted by Crippen LogP contribution is -2.65.